The van der Waals surface area contributed by atoms with Crippen molar-refractivity contribution in [1.82, 2.24) is 15.1 Å². The Bertz CT molecular complexity index is 333. The molecule has 0 unspecified atom stereocenters. The van der Waals surface area contributed by atoms with Crippen molar-refractivity contribution in [3.05, 3.63) is 0 Å². The van der Waals surface area contributed by atoms with Gasteiger partial charge in [0.15, 0.2) is 0 Å². The summed E-state index contributed by atoms with van der Waals surface area (Å²) in [6.45, 7) is 3.82. The topological polar surface area (TPSA) is 78.7 Å². The van der Waals surface area contributed by atoms with Crippen LogP contribution in [0.15, 0.2) is 0 Å². The number of nitrogens with one attached hydrogen (secondary N) is 1. The third kappa shape index (κ3) is 2.64. The minimum atomic E-state index is -0.247. The Kier molecular flexibility index (Phi) is 3.87. The van der Waals surface area contributed by atoms with E-state index in [0.29, 0.717) is 26.2 Å². The third-order valence-electron chi connectivity index (χ3n) is 4.00. The van der Waals surface area contributed by atoms with Crippen molar-refractivity contribution in [2.24, 2.45) is 11.1 Å². The van der Waals surface area contributed by atoms with Crippen LogP contribution in [-0.2, 0) is 9.59 Å². The Morgan fingerprint density at radius 3 is 2.28 bits per heavy atom. The van der Waals surface area contributed by atoms with Crippen molar-refractivity contribution in [1.29, 1.82) is 0 Å². The van der Waals surface area contributed by atoms with Gasteiger partial charge >= 0.3 is 0 Å². The van der Waals surface area contributed by atoms with Gasteiger partial charge in [-0.25, -0.2) is 0 Å². The van der Waals surface area contributed by atoms with Crippen molar-refractivity contribution in [3.63, 3.8) is 0 Å². The first-order valence-corrected chi connectivity index (χ1v) is 6.54. The van der Waals surface area contributed by atoms with Crippen LogP contribution in [0.1, 0.15) is 12.8 Å². The first-order valence-electron chi connectivity index (χ1n) is 6.54. The quantitative estimate of drug-likeness (QED) is 0.648. The van der Waals surface area contributed by atoms with Crippen LogP contribution in [0, 0.1) is 5.41 Å². The molecule has 2 aliphatic rings. The molecule has 2 amide bonds. The number of hydrogen-bond donors (Lipinski definition) is 2. The van der Waals surface area contributed by atoms with Gasteiger partial charge in [0, 0.05) is 39.8 Å². The summed E-state index contributed by atoms with van der Waals surface area (Å²) in [6, 6.07) is 0. The maximum atomic E-state index is 12.2. The molecule has 102 valence electrons. The van der Waals surface area contributed by atoms with Crippen LogP contribution in [0.4, 0.5) is 0 Å². The average Bonchev–Trinajstić information content (AvgIpc) is 3.19. The number of carbonyl (C=O) groups excluding carboxylic acids is 2. The standard InChI is InChI=1S/C12H22N4O2/c1-14-10(17)8-15-4-6-16(7-5-15)11(18)12(9-13)2-3-12/h2-9,13H2,1H3,(H,14,17). The monoisotopic (exact) mass is 254 g/mol. The van der Waals surface area contributed by atoms with Gasteiger partial charge in [0.1, 0.15) is 0 Å². The lowest BCUT2D eigenvalue weighted by molar-refractivity contribution is -0.138. The normalized spacial score (nSPS) is 22.7. The number of amides is 2. The number of nitrogens with zero attached hydrogens (tertiary/aromatic N) is 2. The fourth-order valence-electron chi connectivity index (χ4n) is 2.38. The second-order valence-electron chi connectivity index (χ2n) is 5.23. The van der Waals surface area contributed by atoms with Gasteiger partial charge in [-0.15, -0.1) is 0 Å². The van der Waals surface area contributed by atoms with Gasteiger partial charge in [0.05, 0.1) is 12.0 Å². The van der Waals surface area contributed by atoms with Gasteiger partial charge in [-0.3, -0.25) is 14.5 Å². The van der Waals surface area contributed by atoms with E-state index in [4.69, 9.17) is 5.73 Å². The van der Waals surface area contributed by atoms with Crippen LogP contribution >= 0.6 is 0 Å². The van der Waals surface area contributed by atoms with Gasteiger partial charge < -0.3 is 16.0 Å². The lowest BCUT2D eigenvalue weighted by Crippen LogP contribution is -2.53. The zero-order valence-electron chi connectivity index (χ0n) is 10.9. The van der Waals surface area contributed by atoms with Crippen molar-refractivity contribution in [3.8, 4) is 0 Å². The molecular formula is C12H22N4O2. The molecule has 6 nitrogen and oxygen atoms in total. The van der Waals surface area contributed by atoms with Gasteiger partial charge in [-0.1, -0.05) is 0 Å². The Hall–Kier alpha value is -1.14. The molecule has 0 spiro atoms. The molecule has 1 aliphatic carbocycles. The van der Waals surface area contributed by atoms with E-state index in [1.54, 1.807) is 7.05 Å². The summed E-state index contributed by atoms with van der Waals surface area (Å²) in [5, 5.41) is 2.61. The second-order valence-corrected chi connectivity index (χ2v) is 5.23. The van der Waals surface area contributed by atoms with E-state index in [0.717, 1.165) is 25.9 Å². The summed E-state index contributed by atoms with van der Waals surface area (Å²) in [4.78, 5) is 27.5. The average molecular weight is 254 g/mol. The summed E-state index contributed by atoms with van der Waals surface area (Å²) in [7, 11) is 1.64. The number of carbonyl (C=O) groups is 2. The molecule has 0 aromatic heterocycles. The SMILES string of the molecule is CNC(=O)CN1CCN(C(=O)C2(CN)CC2)CC1. The highest BCUT2D eigenvalue weighted by Crippen LogP contribution is 2.46. The molecule has 0 radical (unpaired) electrons. The van der Waals surface area contributed by atoms with E-state index in [2.05, 4.69) is 10.2 Å². The van der Waals surface area contributed by atoms with Crippen LogP contribution in [0.25, 0.3) is 0 Å². The predicted molar refractivity (Wildman–Crippen MR) is 67.8 cm³/mol. The predicted octanol–water partition coefficient (Wildman–Crippen LogP) is -1.38. The summed E-state index contributed by atoms with van der Waals surface area (Å²) >= 11 is 0. The third-order valence-corrected chi connectivity index (χ3v) is 4.00. The van der Waals surface area contributed by atoms with Gasteiger partial charge in [-0.05, 0) is 12.8 Å². The fraction of sp³-hybridized carbons (Fsp3) is 0.833. The number of rotatable bonds is 4. The zero-order valence-corrected chi connectivity index (χ0v) is 10.9. The molecule has 3 N–H and O–H groups in total. The van der Waals surface area contributed by atoms with Crippen LogP contribution in [0.3, 0.4) is 0 Å². The van der Waals surface area contributed by atoms with Crippen molar-refractivity contribution < 1.29 is 9.59 Å². The van der Waals surface area contributed by atoms with E-state index in [9.17, 15) is 9.59 Å². The minimum Gasteiger partial charge on any atom is -0.358 e. The van der Waals surface area contributed by atoms with Crippen LogP contribution in [0.5, 0.6) is 0 Å². The fourth-order valence-corrected chi connectivity index (χ4v) is 2.38. The molecule has 2 fully saturated rings. The molecule has 0 aromatic rings. The molecule has 1 saturated carbocycles. The number of piperazine rings is 1. The van der Waals surface area contributed by atoms with Gasteiger partial charge in [0.25, 0.3) is 0 Å². The molecule has 0 bridgehead atoms. The summed E-state index contributed by atoms with van der Waals surface area (Å²) < 4.78 is 0. The summed E-state index contributed by atoms with van der Waals surface area (Å²) in [5.74, 6) is 0.236. The minimum absolute atomic E-state index is 0.0235. The van der Waals surface area contributed by atoms with Crippen molar-refractivity contribution in [2.75, 3.05) is 46.3 Å². The van der Waals surface area contributed by atoms with Crippen molar-refractivity contribution in [2.45, 2.75) is 12.8 Å². The molecule has 1 heterocycles. The first-order chi connectivity index (χ1) is 8.61. The maximum absolute atomic E-state index is 12.2. The van der Waals surface area contributed by atoms with Gasteiger partial charge in [0.2, 0.25) is 11.8 Å². The first kappa shape index (κ1) is 13.3. The highest BCUT2D eigenvalue weighted by molar-refractivity contribution is 5.85. The highest BCUT2D eigenvalue weighted by Gasteiger charge is 2.50. The molecule has 6 heteroatoms. The number of hydrogen-bond acceptors (Lipinski definition) is 4. The van der Waals surface area contributed by atoms with Crippen molar-refractivity contribution >= 4 is 11.8 Å². The zero-order chi connectivity index (χ0) is 13.2. The lowest BCUT2D eigenvalue weighted by atomic mass is 10.1. The molecule has 2 rings (SSSR count). The number of nitrogens with two attached hydrogens (primary N) is 1. The molecule has 18 heavy (non-hydrogen) atoms. The van der Waals surface area contributed by atoms with Crippen LogP contribution in [0.2, 0.25) is 0 Å². The summed E-state index contributed by atoms with van der Waals surface area (Å²) in [5.41, 5.74) is 5.43. The van der Waals surface area contributed by atoms with E-state index in [-0.39, 0.29) is 17.2 Å². The van der Waals surface area contributed by atoms with E-state index >= 15 is 0 Å². The molecule has 1 aliphatic heterocycles. The lowest BCUT2D eigenvalue weighted by Gasteiger charge is -2.36. The smallest absolute Gasteiger partial charge is 0.233 e. The Morgan fingerprint density at radius 2 is 1.83 bits per heavy atom. The Labute approximate surface area is 107 Å². The molecule has 0 aromatic carbocycles. The van der Waals surface area contributed by atoms with E-state index in [1.807, 2.05) is 4.90 Å². The molecular weight excluding hydrogens is 232 g/mol. The van der Waals surface area contributed by atoms with Gasteiger partial charge in [-0.2, -0.15) is 0 Å². The van der Waals surface area contributed by atoms with Crippen LogP contribution < -0.4 is 11.1 Å². The largest absolute Gasteiger partial charge is 0.358 e. The Morgan fingerprint density at radius 1 is 1.22 bits per heavy atom. The maximum Gasteiger partial charge on any atom is 0.233 e. The Balaban J connectivity index is 1.80. The summed E-state index contributed by atoms with van der Waals surface area (Å²) in [6.07, 6.45) is 1.86. The molecule has 1 saturated heterocycles. The van der Waals surface area contributed by atoms with E-state index in [1.165, 1.54) is 0 Å². The molecule has 0 atom stereocenters. The van der Waals surface area contributed by atoms with E-state index < -0.39 is 0 Å². The number of likely N-dealkylation sites (N-methyl/N-ethyl adjacent to an activating group) is 1. The van der Waals surface area contributed by atoms with Crippen LogP contribution in [-0.4, -0.2) is 67.9 Å². The highest BCUT2D eigenvalue weighted by atomic mass is 16.2. The second kappa shape index (κ2) is 5.24.